The van der Waals surface area contributed by atoms with Crippen molar-refractivity contribution in [1.29, 1.82) is 0 Å². The van der Waals surface area contributed by atoms with Gasteiger partial charge in [0.05, 0.1) is 13.7 Å². The topological polar surface area (TPSA) is 64.6 Å². The van der Waals surface area contributed by atoms with Crippen LogP contribution in [0.15, 0.2) is 0 Å². The number of hydrogen-bond acceptors (Lipinski definition) is 4. The first kappa shape index (κ1) is 14.0. The van der Waals surface area contributed by atoms with Gasteiger partial charge in [-0.15, -0.1) is 0 Å². The van der Waals surface area contributed by atoms with Crippen LogP contribution in [-0.4, -0.2) is 37.7 Å². The van der Waals surface area contributed by atoms with Crippen LogP contribution in [-0.2, 0) is 14.3 Å². The van der Waals surface area contributed by atoms with E-state index in [0.717, 1.165) is 0 Å². The fraction of sp³-hybridized carbons (Fsp3) is 0.833. The van der Waals surface area contributed by atoms with Crippen LogP contribution in [0.4, 0.5) is 13.6 Å². The molecule has 0 heterocycles. The van der Waals surface area contributed by atoms with E-state index >= 15 is 0 Å². The number of nitrogens with one attached hydrogen (secondary N) is 1. The third-order valence-electron chi connectivity index (χ3n) is 3.95. The van der Waals surface area contributed by atoms with Crippen LogP contribution in [0, 0.1) is 17.8 Å². The third kappa shape index (κ3) is 2.50. The van der Waals surface area contributed by atoms with E-state index < -0.39 is 35.9 Å². The Balaban J connectivity index is 1.99. The largest absolute Gasteiger partial charge is 0.464 e. The lowest BCUT2D eigenvalue weighted by molar-refractivity contribution is -0.147. The zero-order chi connectivity index (χ0) is 14.2. The Morgan fingerprint density at radius 1 is 1.37 bits per heavy atom. The van der Waals surface area contributed by atoms with Crippen LogP contribution in [0.1, 0.15) is 19.8 Å². The summed E-state index contributed by atoms with van der Waals surface area (Å²) in [6, 6.07) is -0.906. The van der Waals surface area contributed by atoms with E-state index in [2.05, 4.69) is 10.1 Å². The minimum Gasteiger partial charge on any atom is -0.464 e. The summed E-state index contributed by atoms with van der Waals surface area (Å²) in [5, 5.41) is 2.38. The van der Waals surface area contributed by atoms with Gasteiger partial charge in [-0.2, -0.15) is 0 Å². The minimum absolute atomic E-state index is 0.175. The summed E-state index contributed by atoms with van der Waals surface area (Å²) in [5.74, 6) is -4.82. The van der Waals surface area contributed by atoms with E-state index in [0.29, 0.717) is 0 Å². The van der Waals surface area contributed by atoms with Crippen LogP contribution in [0.2, 0.25) is 0 Å². The van der Waals surface area contributed by atoms with Gasteiger partial charge < -0.3 is 14.8 Å². The molecule has 19 heavy (non-hydrogen) atoms. The van der Waals surface area contributed by atoms with E-state index in [1.54, 1.807) is 6.92 Å². The van der Waals surface area contributed by atoms with Gasteiger partial charge in [0.1, 0.15) is 6.04 Å². The number of hydrogen-bond donors (Lipinski definition) is 1. The summed E-state index contributed by atoms with van der Waals surface area (Å²) in [6.07, 6.45) is -0.304. The number of alkyl halides is 2. The quantitative estimate of drug-likeness (QED) is 0.792. The molecular formula is C12H17F2NO4. The van der Waals surface area contributed by atoms with Gasteiger partial charge in [-0.05, 0) is 25.7 Å². The molecule has 0 bridgehead atoms. The Hall–Kier alpha value is -1.40. The van der Waals surface area contributed by atoms with E-state index in [9.17, 15) is 18.4 Å². The molecule has 4 atom stereocenters. The molecule has 5 nitrogen and oxygen atoms in total. The smallest absolute Gasteiger partial charge is 0.407 e. The lowest BCUT2D eigenvalue weighted by atomic mass is 9.94. The lowest BCUT2D eigenvalue weighted by Gasteiger charge is -2.24. The first-order valence-electron chi connectivity index (χ1n) is 6.30. The average molecular weight is 277 g/mol. The number of fused-ring (bicyclic) bond motifs is 1. The van der Waals surface area contributed by atoms with E-state index in [4.69, 9.17) is 4.74 Å². The highest BCUT2D eigenvalue weighted by Gasteiger charge is 2.72. The fourth-order valence-corrected chi connectivity index (χ4v) is 2.91. The highest BCUT2D eigenvalue weighted by molar-refractivity contribution is 5.81. The van der Waals surface area contributed by atoms with Crippen molar-refractivity contribution in [3.8, 4) is 0 Å². The van der Waals surface area contributed by atoms with Crippen LogP contribution < -0.4 is 5.32 Å². The fourth-order valence-electron chi connectivity index (χ4n) is 2.91. The zero-order valence-corrected chi connectivity index (χ0v) is 10.8. The van der Waals surface area contributed by atoms with Gasteiger partial charge in [-0.25, -0.2) is 18.4 Å². The molecule has 2 saturated carbocycles. The van der Waals surface area contributed by atoms with E-state index in [1.165, 1.54) is 7.11 Å². The van der Waals surface area contributed by atoms with Crippen molar-refractivity contribution < 1.29 is 27.8 Å². The number of carbonyl (C=O) groups excluding carboxylic acids is 2. The number of rotatable bonds is 4. The average Bonchev–Trinajstić information content (AvgIpc) is 2.76. The zero-order valence-electron chi connectivity index (χ0n) is 10.8. The second kappa shape index (κ2) is 4.94. The molecule has 1 unspecified atom stereocenters. The van der Waals surface area contributed by atoms with Crippen molar-refractivity contribution in [3.63, 3.8) is 0 Å². The van der Waals surface area contributed by atoms with Crippen molar-refractivity contribution >= 4 is 12.1 Å². The van der Waals surface area contributed by atoms with Crippen molar-refractivity contribution in [2.24, 2.45) is 17.8 Å². The van der Waals surface area contributed by atoms with Crippen molar-refractivity contribution in [1.82, 2.24) is 5.32 Å². The highest BCUT2D eigenvalue weighted by Crippen LogP contribution is 2.66. The predicted octanol–water partition coefficient (Wildman–Crippen LogP) is 1.57. The maximum absolute atomic E-state index is 13.1. The summed E-state index contributed by atoms with van der Waals surface area (Å²) in [5.41, 5.74) is 0. The van der Waals surface area contributed by atoms with Gasteiger partial charge in [-0.1, -0.05) is 0 Å². The Bertz CT molecular complexity index is 374. The van der Waals surface area contributed by atoms with Gasteiger partial charge >= 0.3 is 12.1 Å². The number of ether oxygens (including phenoxy) is 2. The molecule has 1 amide bonds. The van der Waals surface area contributed by atoms with Gasteiger partial charge in [-0.3, -0.25) is 0 Å². The summed E-state index contributed by atoms with van der Waals surface area (Å²) in [4.78, 5) is 23.0. The maximum atomic E-state index is 13.1. The minimum atomic E-state index is -2.60. The first-order valence-corrected chi connectivity index (χ1v) is 6.30. The molecule has 2 fully saturated rings. The first-order chi connectivity index (χ1) is 8.91. The second-order valence-corrected chi connectivity index (χ2v) is 4.98. The molecule has 2 rings (SSSR count). The van der Waals surface area contributed by atoms with Gasteiger partial charge in [0.15, 0.2) is 0 Å². The Kier molecular flexibility index (Phi) is 3.64. The molecule has 0 aromatic heterocycles. The monoisotopic (exact) mass is 277 g/mol. The standard InChI is InChI=1S/C12H17F2NO4/c1-3-19-10(16)9(15-11(17)18-2)6-4-7-8(5-6)12(7,13)14/h6-9H,3-5H2,1-2H3,(H,15,17)/t6-,7-,8+,9?. The Morgan fingerprint density at radius 3 is 2.42 bits per heavy atom. The summed E-state index contributed by atoms with van der Waals surface area (Å²) < 4.78 is 35.6. The summed E-state index contributed by atoms with van der Waals surface area (Å²) >= 11 is 0. The number of methoxy groups -OCH3 is 1. The normalized spacial score (nSPS) is 32.1. The number of carbonyl (C=O) groups is 2. The molecule has 0 aliphatic heterocycles. The van der Waals surface area contributed by atoms with Crippen LogP contribution in [0.25, 0.3) is 0 Å². The molecule has 1 N–H and O–H groups in total. The van der Waals surface area contributed by atoms with Crippen LogP contribution in [0.3, 0.4) is 0 Å². The van der Waals surface area contributed by atoms with Gasteiger partial charge in [0.25, 0.3) is 5.92 Å². The van der Waals surface area contributed by atoms with Crippen molar-refractivity contribution in [2.75, 3.05) is 13.7 Å². The summed E-state index contributed by atoms with van der Waals surface area (Å²) in [6.45, 7) is 1.82. The molecule has 0 spiro atoms. The second-order valence-electron chi connectivity index (χ2n) is 4.98. The predicted molar refractivity (Wildman–Crippen MR) is 60.6 cm³/mol. The molecule has 108 valence electrons. The molecule has 0 aromatic rings. The SMILES string of the molecule is CCOC(=O)C(NC(=O)OC)[C@@H]1C[C@@H]2[C@H](C1)C2(F)F. The van der Waals surface area contributed by atoms with E-state index in [-0.39, 0.29) is 25.4 Å². The number of amides is 1. The van der Waals surface area contributed by atoms with Crippen LogP contribution >= 0.6 is 0 Å². The molecular weight excluding hydrogens is 260 g/mol. The molecule has 0 aromatic carbocycles. The maximum Gasteiger partial charge on any atom is 0.407 e. The molecule has 2 aliphatic carbocycles. The molecule has 7 heteroatoms. The molecule has 2 aliphatic rings. The Labute approximate surface area is 109 Å². The number of alkyl carbamates (subject to hydrolysis) is 1. The Morgan fingerprint density at radius 2 is 1.95 bits per heavy atom. The summed E-state index contributed by atoms with van der Waals surface area (Å²) in [7, 11) is 1.18. The lowest BCUT2D eigenvalue weighted by Crippen LogP contribution is -2.47. The number of esters is 1. The highest BCUT2D eigenvalue weighted by atomic mass is 19.3. The van der Waals surface area contributed by atoms with Crippen molar-refractivity contribution in [3.05, 3.63) is 0 Å². The molecule has 0 radical (unpaired) electrons. The third-order valence-corrected chi connectivity index (χ3v) is 3.95. The number of halogens is 2. The van der Waals surface area contributed by atoms with Crippen molar-refractivity contribution in [2.45, 2.75) is 31.7 Å². The van der Waals surface area contributed by atoms with Gasteiger partial charge in [0.2, 0.25) is 0 Å². The van der Waals surface area contributed by atoms with Crippen LogP contribution in [0.5, 0.6) is 0 Å². The van der Waals surface area contributed by atoms with E-state index in [1.807, 2.05) is 0 Å². The van der Waals surface area contributed by atoms with Gasteiger partial charge in [0, 0.05) is 11.8 Å². The molecule has 0 saturated heterocycles.